The minimum Gasteiger partial charge on any atom is -0.474 e. The zero-order chi connectivity index (χ0) is 23.5. The molecule has 1 aromatic carbocycles. The normalized spacial score (nSPS) is 18.9. The maximum Gasteiger partial charge on any atom is 0.255 e. The zero-order valence-corrected chi connectivity index (χ0v) is 21.1. The van der Waals surface area contributed by atoms with Crippen LogP contribution >= 0.6 is 46.6 Å². The van der Waals surface area contributed by atoms with Crippen LogP contribution in [0.25, 0.3) is 0 Å². The third kappa shape index (κ3) is 5.57. The molecule has 0 saturated carbocycles. The number of carbonyl (C=O) groups excluding carboxylic acids is 1. The van der Waals surface area contributed by atoms with E-state index in [-0.39, 0.29) is 23.8 Å². The monoisotopic (exact) mass is 521 g/mol. The number of nitrogens with zero attached hydrogens (tertiary/aromatic N) is 3. The molecule has 0 aliphatic carbocycles. The summed E-state index contributed by atoms with van der Waals surface area (Å²) in [6.07, 6.45) is 4.92. The Hall–Kier alpha value is -1.99. The summed E-state index contributed by atoms with van der Waals surface area (Å²) in [6.45, 7) is 3.06. The first-order valence-electron chi connectivity index (χ1n) is 10.4. The molecule has 0 radical (unpaired) electrons. The van der Waals surface area contributed by atoms with Crippen molar-refractivity contribution in [3.8, 4) is 5.88 Å². The summed E-state index contributed by atoms with van der Waals surface area (Å²) < 4.78 is 6.14. The Kier molecular flexibility index (Phi) is 7.69. The number of hydrogen-bond acceptors (Lipinski definition) is 5. The summed E-state index contributed by atoms with van der Waals surface area (Å²) >= 11 is 19.9. The highest BCUT2D eigenvalue weighted by Gasteiger charge is 2.40. The zero-order valence-electron chi connectivity index (χ0n) is 18.0. The molecule has 0 bridgehead atoms. The SMILES string of the molecule is CSc1ccc(C(=O)N2C[C@@H]([C@@H](C)Oc3ccc(Cl)cn3)[C@H](c3ccc(Cl)c(Cl)c3)C2)cn1. The molecule has 4 rings (SSSR count). The van der Waals surface area contributed by atoms with E-state index in [4.69, 9.17) is 39.5 Å². The second-order valence-electron chi connectivity index (χ2n) is 7.88. The summed E-state index contributed by atoms with van der Waals surface area (Å²) in [4.78, 5) is 23.7. The van der Waals surface area contributed by atoms with E-state index in [1.54, 1.807) is 30.6 Å². The predicted molar refractivity (Wildman–Crippen MR) is 134 cm³/mol. The molecule has 1 amide bonds. The van der Waals surface area contributed by atoms with Gasteiger partial charge in [-0.2, -0.15) is 0 Å². The molecule has 3 aromatic rings. The number of halogens is 3. The van der Waals surface area contributed by atoms with Gasteiger partial charge in [0, 0.05) is 43.4 Å². The van der Waals surface area contributed by atoms with Crippen molar-refractivity contribution in [1.82, 2.24) is 14.9 Å². The Bertz CT molecular complexity index is 1130. The van der Waals surface area contributed by atoms with Crippen LogP contribution in [-0.4, -0.2) is 46.2 Å². The first kappa shape index (κ1) is 24.1. The highest BCUT2D eigenvalue weighted by Crippen LogP contribution is 2.38. The van der Waals surface area contributed by atoms with Gasteiger partial charge in [0.1, 0.15) is 6.10 Å². The molecule has 2 aromatic heterocycles. The smallest absolute Gasteiger partial charge is 0.255 e. The lowest BCUT2D eigenvalue weighted by Gasteiger charge is -2.25. The summed E-state index contributed by atoms with van der Waals surface area (Å²) in [5, 5.41) is 2.40. The van der Waals surface area contributed by atoms with Crippen LogP contribution in [0.5, 0.6) is 5.88 Å². The van der Waals surface area contributed by atoms with Crippen LogP contribution in [0, 0.1) is 5.92 Å². The number of benzene rings is 1. The van der Waals surface area contributed by atoms with Crippen molar-refractivity contribution in [2.75, 3.05) is 19.3 Å². The molecule has 172 valence electrons. The number of ether oxygens (including phenoxy) is 1. The summed E-state index contributed by atoms with van der Waals surface area (Å²) in [5.41, 5.74) is 1.58. The van der Waals surface area contributed by atoms with Crippen LogP contribution in [0.3, 0.4) is 0 Å². The summed E-state index contributed by atoms with van der Waals surface area (Å²) in [5.74, 6) is 0.465. The van der Waals surface area contributed by atoms with E-state index in [9.17, 15) is 4.79 Å². The largest absolute Gasteiger partial charge is 0.474 e. The molecule has 3 atom stereocenters. The van der Waals surface area contributed by atoms with Crippen molar-refractivity contribution in [3.63, 3.8) is 0 Å². The van der Waals surface area contributed by atoms with E-state index in [1.165, 1.54) is 11.8 Å². The number of aromatic nitrogens is 2. The number of hydrogen-bond donors (Lipinski definition) is 0. The fourth-order valence-electron chi connectivity index (χ4n) is 4.09. The Balaban J connectivity index is 1.60. The summed E-state index contributed by atoms with van der Waals surface area (Å²) in [6, 6.07) is 12.8. The number of amides is 1. The molecule has 1 saturated heterocycles. The molecular formula is C24H22Cl3N3O2S. The van der Waals surface area contributed by atoms with E-state index in [0.29, 0.717) is 39.6 Å². The average Bonchev–Trinajstić information content (AvgIpc) is 3.27. The van der Waals surface area contributed by atoms with Crippen molar-refractivity contribution >= 4 is 52.5 Å². The maximum atomic E-state index is 13.3. The third-order valence-electron chi connectivity index (χ3n) is 5.83. The Morgan fingerprint density at radius 1 is 1.06 bits per heavy atom. The molecule has 1 aliphatic rings. The fraction of sp³-hybridized carbons (Fsp3) is 0.292. The van der Waals surface area contributed by atoms with Gasteiger partial charge in [-0.1, -0.05) is 40.9 Å². The van der Waals surface area contributed by atoms with Gasteiger partial charge in [0.15, 0.2) is 0 Å². The van der Waals surface area contributed by atoms with Gasteiger partial charge in [0.2, 0.25) is 5.88 Å². The minimum absolute atomic E-state index is 0.0158. The molecule has 1 aliphatic heterocycles. The van der Waals surface area contributed by atoms with Crippen molar-refractivity contribution < 1.29 is 9.53 Å². The molecule has 5 nitrogen and oxygen atoms in total. The second-order valence-corrected chi connectivity index (χ2v) is 9.96. The molecule has 0 spiro atoms. The van der Waals surface area contributed by atoms with Gasteiger partial charge >= 0.3 is 0 Å². The van der Waals surface area contributed by atoms with E-state index in [2.05, 4.69) is 9.97 Å². The van der Waals surface area contributed by atoms with Gasteiger partial charge in [-0.3, -0.25) is 4.79 Å². The molecule has 0 unspecified atom stereocenters. The highest BCUT2D eigenvalue weighted by atomic mass is 35.5. The number of carbonyl (C=O) groups is 1. The Morgan fingerprint density at radius 3 is 2.52 bits per heavy atom. The summed E-state index contributed by atoms with van der Waals surface area (Å²) in [7, 11) is 0. The van der Waals surface area contributed by atoms with Crippen LogP contribution in [0.4, 0.5) is 0 Å². The number of pyridine rings is 2. The topological polar surface area (TPSA) is 55.3 Å². The van der Waals surface area contributed by atoms with Gasteiger partial charge in [-0.15, -0.1) is 11.8 Å². The first-order chi connectivity index (χ1) is 15.9. The lowest BCUT2D eigenvalue weighted by Crippen LogP contribution is -2.32. The highest BCUT2D eigenvalue weighted by molar-refractivity contribution is 7.98. The number of rotatable bonds is 6. The van der Waals surface area contributed by atoms with Gasteiger partial charge in [0.05, 0.1) is 25.7 Å². The Morgan fingerprint density at radius 2 is 1.88 bits per heavy atom. The number of thioether (sulfide) groups is 1. The van der Waals surface area contributed by atoms with Crippen molar-refractivity contribution in [3.05, 3.63) is 81.1 Å². The third-order valence-corrected chi connectivity index (χ3v) is 7.45. The van der Waals surface area contributed by atoms with Crippen LogP contribution < -0.4 is 4.74 Å². The minimum atomic E-state index is -0.215. The molecule has 3 heterocycles. The van der Waals surface area contributed by atoms with Crippen LogP contribution in [0.15, 0.2) is 59.9 Å². The molecule has 1 fully saturated rings. The van der Waals surface area contributed by atoms with E-state index in [0.717, 1.165) is 10.6 Å². The van der Waals surface area contributed by atoms with Gasteiger partial charge in [-0.05, 0) is 49.1 Å². The van der Waals surface area contributed by atoms with E-state index in [1.807, 2.05) is 42.3 Å². The first-order valence-corrected chi connectivity index (χ1v) is 12.7. The van der Waals surface area contributed by atoms with Gasteiger partial charge in [-0.25, -0.2) is 9.97 Å². The molecular weight excluding hydrogens is 501 g/mol. The standard InChI is InChI=1S/C24H22Cl3N3O2S/c1-14(32-22-7-5-17(25)11-28-22)18-12-30(24(31)16-4-8-23(33-2)29-10-16)13-19(18)15-3-6-20(26)21(27)9-15/h3-11,14,18-19H,12-13H2,1-2H3/t14-,18+,19+/m1/s1. The molecule has 33 heavy (non-hydrogen) atoms. The second kappa shape index (κ2) is 10.5. The average molecular weight is 523 g/mol. The van der Waals surface area contributed by atoms with Gasteiger partial charge in [0.25, 0.3) is 5.91 Å². The van der Waals surface area contributed by atoms with Gasteiger partial charge < -0.3 is 9.64 Å². The van der Waals surface area contributed by atoms with E-state index < -0.39 is 0 Å². The quantitative estimate of drug-likeness (QED) is 0.347. The fourth-order valence-corrected chi connectivity index (χ4v) is 4.87. The van der Waals surface area contributed by atoms with Crippen LogP contribution in [0.1, 0.15) is 28.8 Å². The van der Waals surface area contributed by atoms with Crippen molar-refractivity contribution in [2.45, 2.75) is 24.0 Å². The maximum absolute atomic E-state index is 13.3. The van der Waals surface area contributed by atoms with Crippen LogP contribution in [0.2, 0.25) is 15.1 Å². The Labute approximate surface area is 212 Å². The van der Waals surface area contributed by atoms with Crippen LogP contribution in [-0.2, 0) is 0 Å². The molecule has 9 heteroatoms. The predicted octanol–water partition coefficient (Wildman–Crippen LogP) is 6.48. The lowest BCUT2D eigenvalue weighted by atomic mass is 9.86. The van der Waals surface area contributed by atoms with E-state index >= 15 is 0 Å². The molecule has 0 N–H and O–H groups in total. The number of likely N-dealkylation sites (tertiary alicyclic amines) is 1. The van der Waals surface area contributed by atoms with Crippen molar-refractivity contribution in [2.24, 2.45) is 5.92 Å². The lowest BCUT2D eigenvalue weighted by molar-refractivity contribution is 0.0769. The van der Waals surface area contributed by atoms with Crippen molar-refractivity contribution in [1.29, 1.82) is 0 Å².